The molecule has 3 aromatic rings. The molecule has 1 saturated heterocycles. The minimum absolute atomic E-state index is 0.0183. The Morgan fingerprint density at radius 3 is 2.32 bits per heavy atom. The van der Waals surface area contributed by atoms with Crippen molar-refractivity contribution in [3.05, 3.63) is 61.2 Å². The molecule has 15 nitrogen and oxygen atoms in total. The van der Waals surface area contributed by atoms with Gasteiger partial charge in [0, 0.05) is 43.1 Å². The Kier molecular flexibility index (Phi) is 11.7. The second-order valence-electron chi connectivity index (χ2n) is 17.9. The van der Waals surface area contributed by atoms with E-state index in [0.717, 1.165) is 16.6 Å². The highest BCUT2D eigenvalue weighted by Gasteiger charge is 2.62. The number of methoxy groups -OCH3 is 1. The molecule has 0 radical (unpaired) electrons. The van der Waals surface area contributed by atoms with Gasteiger partial charge in [-0.1, -0.05) is 45.0 Å². The summed E-state index contributed by atoms with van der Waals surface area (Å²) in [5.41, 5.74) is -0.881. The van der Waals surface area contributed by atoms with Crippen molar-refractivity contribution in [3.63, 3.8) is 0 Å². The van der Waals surface area contributed by atoms with Crippen molar-refractivity contribution >= 4 is 50.3 Å². The molecule has 0 spiro atoms. The quantitative estimate of drug-likeness (QED) is 0.198. The van der Waals surface area contributed by atoms with E-state index in [4.69, 9.17) is 19.2 Å². The number of fused-ring (bicyclic) bond motifs is 1. The first-order valence-electron chi connectivity index (χ1n) is 19.8. The van der Waals surface area contributed by atoms with Crippen LogP contribution < -0.4 is 29.7 Å². The highest BCUT2D eigenvalue weighted by molar-refractivity contribution is 7.91. The summed E-state index contributed by atoms with van der Waals surface area (Å²) in [6.07, 6.45) is 0.906. The van der Waals surface area contributed by atoms with Crippen molar-refractivity contribution in [1.82, 2.24) is 25.2 Å². The summed E-state index contributed by atoms with van der Waals surface area (Å²) in [5, 5.41) is 6.34. The number of amides is 4. The molecule has 0 unspecified atom stereocenters. The zero-order valence-corrected chi connectivity index (χ0v) is 36.1. The Labute approximate surface area is 346 Å². The van der Waals surface area contributed by atoms with Crippen molar-refractivity contribution in [1.29, 1.82) is 0 Å². The monoisotopic (exact) mass is 832 g/mol. The zero-order valence-electron chi connectivity index (χ0n) is 35.2. The van der Waals surface area contributed by atoms with Gasteiger partial charge in [0.15, 0.2) is 0 Å². The number of hydrogen-bond donors (Lipinski definition) is 3. The van der Waals surface area contributed by atoms with Crippen LogP contribution in [0, 0.1) is 11.3 Å². The summed E-state index contributed by atoms with van der Waals surface area (Å²) >= 11 is 0. The van der Waals surface area contributed by atoms with Crippen LogP contribution in [0.1, 0.15) is 67.2 Å². The maximum Gasteiger partial charge on any atom is 0.408 e. The van der Waals surface area contributed by atoms with E-state index < -0.39 is 79.7 Å². The number of alkyl carbamates (subject to hydrolysis) is 1. The maximum absolute atomic E-state index is 14.7. The van der Waals surface area contributed by atoms with Gasteiger partial charge in [0.1, 0.15) is 35.1 Å². The molecule has 6 rings (SSSR count). The van der Waals surface area contributed by atoms with Gasteiger partial charge in [-0.25, -0.2) is 18.2 Å². The van der Waals surface area contributed by atoms with Gasteiger partial charge >= 0.3 is 6.09 Å². The van der Waals surface area contributed by atoms with E-state index in [0.29, 0.717) is 29.7 Å². The summed E-state index contributed by atoms with van der Waals surface area (Å²) in [6.45, 7) is 14.2. The highest BCUT2D eigenvalue weighted by atomic mass is 32.2. The van der Waals surface area contributed by atoms with Crippen LogP contribution in [0.4, 0.5) is 10.5 Å². The van der Waals surface area contributed by atoms with Gasteiger partial charge < -0.3 is 34.6 Å². The van der Waals surface area contributed by atoms with Gasteiger partial charge in [-0.3, -0.25) is 19.1 Å². The van der Waals surface area contributed by atoms with Crippen LogP contribution in [0.25, 0.3) is 22.0 Å². The molecule has 4 amide bonds. The van der Waals surface area contributed by atoms with Crippen LogP contribution in [-0.2, 0) is 29.1 Å². The SMILES string of the molecule is C=C[C@H]1C[C@]1(NC(=O)[C@@H]1C[C@@H](Oc2nc(-c3ccccc3N(C)C)cc3cc(OC)ccc23)CN1C(=O)[C@@H](NC(=O)OC(C)(C)C)C(C)(C)C)C(=O)NS(=O)(=O)C1CC1. The number of likely N-dealkylation sites (tertiary alicyclic amines) is 1. The molecule has 16 heteroatoms. The summed E-state index contributed by atoms with van der Waals surface area (Å²) < 4.78 is 45.6. The normalized spacial score (nSPS) is 22.2. The number of benzene rings is 2. The topological polar surface area (TPSA) is 186 Å². The molecular weight excluding hydrogens is 777 g/mol. The molecule has 3 aliphatic rings. The lowest BCUT2D eigenvalue weighted by molar-refractivity contribution is -0.143. The van der Waals surface area contributed by atoms with Crippen LogP contribution in [0.5, 0.6) is 11.6 Å². The third-order valence-corrected chi connectivity index (χ3v) is 12.6. The van der Waals surface area contributed by atoms with Crippen LogP contribution >= 0.6 is 0 Å². The Bertz CT molecular complexity index is 2260. The first kappa shape index (κ1) is 43.2. The largest absolute Gasteiger partial charge is 0.497 e. The number of anilines is 1. The minimum Gasteiger partial charge on any atom is -0.497 e. The van der Waals surface area contributed by atoms with Gasteiger partial charge in [0.2, 0.25) is 27.7 Å². The Balaban J connectivity index is 1.37. The summed E-state index contributed by atoms with van der Waals surface area (Å²) in [5.74, 6) is -1.77. The molecule has 318 valence electrons. The number of sulfonamides is 1. The van der Waals surface area contributed by atoms with Gasteiger partial charge in [-0.15, -0.1) is 6.58 Å². The summed E-state index contributed by atoms with van der Waals surface area (Å²) in [7, 11) is 1.54. The lowest BCUT2D eigenvalue weighted by atomic mass is 9.85. The van der Waals surface area contributed by atoms with Crippen molar-refractivity contribution in [2.24, 2.45) is 11.3 Å². The predicted molar refractivity (Wildman–Crippen MR) is 224 cm³/mol. The van der Waals surface area contributed by atoms with Gasteiger partial charge in [-0.2, -0.15) is 0 Å². The zero-order chi connectivity index (χ0) is 43.2. The van der Waals surface area contributed by atoms with Crippen LogP contribution in [0.2, 0.25) is 0 Å². The highest BCUT2D eigenvalue weighted by Crippen LogP contribution is 2.46. The van der Waals surface area contributed by atoms with Crippen molar-refractivity contribution < 1.29 is 41.8 Å². The summed E-state index contributed by atoms with van der Waals surface area (Å²) in [6, 6.07) is 12.9. The van der Waals surface area contributed by atoms with E-state index in [-0.39, 0.29) is 25.3 Å². The second-order valence-corrected chi connectivity index (χ2v) is 19.9. The van der Waals surface area contributed by atoms with E-state index in [2.05, 4.69) is 21.9 Å². The van der Waals surface area contributed by atoms with E-state index >= 15 is 0 Å². The molecule has 59 heavy (non-hydrogen) atoms. The number of nitrogens with zero attached hydrogens (tertiary/aromatic N) is 3. The third kappa shape index (κ3) is 9.42. The first-order chi connectivity index (χ1) is 27.6. The molecule has 2 aromatic carbocycles. The van der Waals surface area contributed by atoms with E-state index in [9.17, 15) is 27.6 Å². The van der Waals surface area contributed by atoms with E-state index in [1.54, 1.807) is 54.7 Å². The first-order valence-corrected chi connectivity index (χ1v) is 21.3. The van der Waals surface area contributed by atoms with Crippen molar-refractivity contribution in [2.45, 2.75) is 102 Å². The number of aromatic nitrogens is 1. The molecule has 2 heterocycles. The number of pyridine rings is 1. The molecule has 1 aromatic heterocycles. The number of ether oxygens (including phenoxy) is 3. The van der Waals surface area contributed by atoms with Crippen LogP contribution in [-0.4, -0.2) is 104 Å². The molecule has 0 bridgehead atoms. The van der Waals surface area contributed by atoms with Gasteiger partial charge in [0.25, 0.3) is 5.91 Å². The average Bonchev–Trinajstić information content (AvgIpc) is 4.08. The van der Waals surface area contributed by atoms with E-state index in [1.165, 1.54) is 11.0 Å². The number of rotatable bonds is 13. The number of nitrogens with one attached hydrogen (secondary N) is 3. The lowest BCUT2D eigenvalue weighted by Crippen LogP contribution is -2.60. The van der Waals surface area contributed by atoms with Crippen LogP contribution in [0.3, 0.4) is 0 Å². The lowest BCUT2D eigenvalue weighted by Gasteiger charge is -2.36. The number of carbonyl (C=O) groups excluding carboxylic acids is 4. The molecule has 5 atom stereocenters. The molecule has 2 saturated carbocycles. The van der Waals surface area contributed by atoms with Crippen molar-refractivity contribution in [2.75, 3.05) is 32.6 Å². The maximum atomic E-state index is 14.7. The van der Waals surface area contributed by atoms with E-state index in [1.807, 2.05) is 61.5 Å². The molecule has 1 aliphatic heterocycles. The van der Waals surface area contributed by atoms with Crippen LogP contribution in [0.15, 0.2) is 61.2 Å². The fourth-order valence-corrected chi connectivity index (χ4v) is 8.79. The molecule has 3 N–H and O–H groups in total. The third-order valence-electron chi connectivity index (χ3n) is 10.8. The second kappa shape index (κ2) is 16.0. The van der Waals surface area contributed by atoms with Gasteiger partial charge in [0.05, 0.1) is 24.6 Å². The minimum atomic E-state index is -3.93. The average molecular weight is 833 g/mol. The number of carbonyl (C=O) groups is 4. The standard InChI is InChI=1S/C43H56N6O9S/c1-11-26-23-43(26,39(52)47-59(54,55)29-17-18-29)46-36(50)34-22-28(24-49(34)38(51)35(41(2,3)4)45-40(53)58-42(5,6)7)57-37-30-19-16-27(56-10)20-25(30)21-32(44-37)31-14-12-13-15-33(31)48(8)9/h11-16,19-21,26,28-29,34-35H,1,17-18,22-24H2,2-10H3,(H,45,53)(H,46,50)(H,47,52)/t26-,28+,34-,35+,43+/m0/s1. The Morgan fingerprint density at radius 1 is 1.03 bits per heavy atom. The molecular formula is C43H56N6O9S. The number of para-hydroxylation sites is 1. The predicted octanol–water partition coefficient (Wildman–Crippen LogP) is 4.93. The summed E-state index contributed by atoms with van der Waals surface area (Å²) in [4.78, 5) is 64.4. The molecule has 3 fully saturated rings. The fourth-order valence-electron chi connectivity index (χ4n) is 7.43. The van der Waals surface area contributed by atoms with Crippen molar-refractivity contribution in [3.8, 4) is 22.9 Å². The smallest absolute Gasteiger partial charge is 0.408 e. The number of hydrogen-bond acceptors (Lipinski definition) is 11. The van der Waals surface area contributed by atoms with Gasteiger partial charge in [-0.05, 0) is 81.2 Å². The Morgan fingerprint density at radius 2 is 1.73 bits per heavy atom. The fraction of sp³-hybridized carbons (Fsp3) is 0.512. The molecule has 2 aliphatic carbocycles. The Hall–Kier alpha value is -5.38.